The van der Waals surface area contributed by atoms with Crippen molar-refractivity contribution in [1.29, 1.82) is 0 Å². The van der Waals surface area contributed by atoms with E-state index in [0.717, 1.165) is 49.0 Å². The van der Waals surface area contributed by atoms with Gasteiger partial charge in [-0.2, -0.15) is 0 Å². The minimum atomic E-state index is -0.726. The van der Waals surface area contributed by atoms with E-state index >= 15 is 0 Å². The molecule has 0 heterocycles. The number of urea groups is 2. The molecule has 2 saturated carbocycles. The summed E-state index contributed by atoms with van der Waals surface area (Å²) in [5.74, 6) is -0.467. The Hall–Kier alpha value is -4.34. The molecule has 0 spiro atoms. The predicted molar refractivity (Wildman–Crippen MR) is 185 cm³/mol. The van der Waals surface area contributed by atoms with Crippen molar-refractivity contribution >= 4 is 24.0 Å². The van der Waals surface area contributed by atoms with Gasteiger partial charge in [0.2, 0.25) is 0 Å². The smallest absolute Gasteiger partial charge is 0.331 e. The summed E-state index contributed by atoms with van der Waals surface area (Å²) in [6.07, 6.45) is 14.8. The van der Waals surface area contributed by atoms with E-state index in [4.69, 9.17) is 9.47 Å². The molecule has 4 rings (SSSR count). The zero-order chi connectivity index (χ0) is 33.8. The fraction of sp³-hybridized carbons (Fsp3) is 0.526. The van der Waals surface area contributed by atoms with Crippen LogP contribution in [0.15, 0.2) is 72.8 Å². The number of carbonyl (C=O) groups excluding carboxylic acids is 4. The van der Waals surface area contributed by atoms with Gasteiger partial charge in [0.1, 0.15) is 13.2 Å². The molecule has 10 heteroatoms. The fourth-order valence-corrected chi connectivity index (χ4v) is 6.43. The monoisotopic (exact) mass is 660 g/mol. The summed E-state index contributed by atoms with van der Waals surface area (Å²) in [7, 11) is 0. The van der Waals surface area contributed by atoms with E-state index in [1.807, 2.05) is 60.7 Å². The number of benzene rings is 2. The van der Waals surface area contributed by atoms with Gasteiger partial charge in [-0.15, -0.1) is 0 Å². The molecule has 4 amide bonds. The SMILES string of the molecule is O=C(NCC1CCCCC1)N[C@H](COC(=O)/C=C/C(=O)OC[C@H](Cc1ccccc1)NC(=O)NCC1CCCCC1)Cc1ccccc1. The minimum absolute atomic E-state index is 0.0665. The van der Waals surface area contributed by atoms with Gasteiger partial charge in [0.05, 0.1) is 12.1 Å². The Morgan fingerprint density at radius 2 is 0.958 bits per heavy atom. The van der Waals surface area contributed by atoms with Gasteiger partial charge in [0.25, 0.3) is 0 Å². The second-order valence-corrected chi connectivity index (χ2v) is 13.1. The van der Waals surface area contributed by atoms with Crippen LogP contribution in [0, 0.1) is 11.8 Å². The number of amides is 4. The molecule has 0 radical (unpaired) electrons. The second kappa shape index (κ2) is 20.8. The molecule has 0 bridgehead atoms. The summed E-state index contributed by atoms with van der Waals surface area (Å²) >= 11 is 0. The maximum Gasteiger partial charge on any atom is 0.331 e. The van der Waals surface area contributed by atoms with Crippen molar-refractivity contribution in [1.82, 2.24) is 21.3 Å². The summed E-state index contributed by atoms with van der Waals surface area (Å²) in [4.78, 5) is 50.5. The predicted octanol–water partition coefficient (Wildman–Crippen LogP) is 5.61. The van der Waals surface area contributed by atoms with Crippen LogP contribution in [0.25, 0.3) is 0 Å². The van der Waals surface area contributed by atoms with E-state index in [0.29, 0.717) is 37.8 Å². The molecule has 2 aromatic carbocycles. The molecule has 260 valence electrons. The maximum absolute atomic E-state index is 12.7. The van der Waals surface area contributed by atoms with Gasteiger partial charge in [0.15, 0.2) is 0 Å². The number of esters is 2. The molecular weight excluding hydrogens is 608 g/mol. The molecule has 0 saturated heterocycles. The highest BCUT2D eigenvalue weighted by Crippen LogP contribution is 2.23. The van der Waals surface area contributed by atoms with Gasteiger partial charge in [-0.05, 0) is 61.5 Å². The van der Waals surface area contributed by atoms with Crippen molar-refractivity contribution < 1.29 is 28.7 Å². The molecular formula is C38H52N4O6. The van der Waals surface area contributed by atoms with Crippen LogP contribution in [0.4, 0.5) is 9.59 Å². The Balaban J connectivity index is 1.23. The Morgan fingerprint density at radius 3 is 1.33 bits per heavy atom. The zero-order valence-electron chi connectivity index (χ0n) is 28.0. The van der Waals surface area contributed by atoms with Crippen LogP contribution >= 0.6 is 0 Å². The van der Waals surface area contributed by atoms with Crippen LogP contribution in [0.1, 0.15) is 75.3 Å². The van der Waals surface area contributed by atoms with E-state index in [1.54, 1.807) is 0 Å². The lowest BCUT2D eigenvalue weighted by molar-refractivity contribution is -0.141. The summed E-state index contributed by atoms with van der Waals surface area (Å²) in [6.45, 7) is 1.12. The van der Waals surface area contributed by atoms with Crippen molar-refractivity contribution in [2.24, 2.45) is 11.8 Å². The molecule has 2 aromatic rings. The quantitative estimate of drug-likeness (QED) is 0.137. The molecule has 0 unspecified atom stereocenters. The van der Waals surface area contributed by atoms with Gasteiger partial charge in [-0.3, -0.25) is 0 Å². The lowest BCUT2D eigenvalue weighted by atomic mass is 9.89. The summed E-state index contributed by atoms with van der Waals surface area (Å²) < 4.78 is 10.8. The zero-order valence-corrected chi connectivity index (χ0v) is 28.0. The highest BCUT2D eigenvalue weighted by atomic mass is 16.5. The van der Waals surface area contributed by atoms with Crippen LogP contribution in [-0.2, 0) is 31.9 Å². The van der Waals surface area contributed by atoms with E-state index in [-0.39, 0.29) is 25.3 Å². The van der Waals surface area contributed by atoms with Crippen LogP contribution in [-0.4, -0.2) is 62.4 Å². The number of hydrogen-bond acceptors (Lipinski definition) is 6. The van der Waals surface area contributed by atoms with Gasteiger partial charge < -0.3 is 30.7 Å². The standard InChI is InChI=1S/C38H52N4O6/c43-35(47-27-33(23-29-13-5-1-6-14-29)41-37(45)39-25-31-17-9-3-10-18-31)21-22-36(44)48-28-34(24-30-15-7-2-8-16-30)42-38(46)40-26-32-19-11-4-12-20-32/h1-2,5-8,13-16,21-22,31-34H,3-4,9-12,17-20,23-28H2,(H2,39,41,45)(H2,40,42,46)/b22-21+/t33-,34-/m0/s1. The Kier molecular flexibility index (Phi) is 15.8. The topological polar surface area (TPSA) is 135 Å². The fourth-order valence-electron chi connectivity index (χ4n) is 6.43. The second-order valence-electron chi connectivity index (χ2n) is 13.1. The van der Waals surface area contributed by atoms with Crippen LogP contribution in [0.3, 0.4) is 0 Å². The molecule has 2 aliphatic rings. The maximum atomic E-state index is 12.7. The van der Waals surface area contributed by atoms with Gasteiger partial charge >= 0.3 is 24.0 Å². The van der Waals surface area contributed by atoms with Crippen molar-refractivity contribution in [3.8, 4) is 0 Å². The average molecular weight is 661 g/mol. The van der Waals surface area contributed by atoms with E-state index < -0.39 is 24.0 Å². The molecule has 4 N–H and O–H groups in total. The lowest BCUT2D eigenvalue weighted by Gasteiger charge is -2.23. The largest absolute Gasteiger partial charge is 0.460 e. The van der Waals surface area contributed by atoms with Crippen LogP contribution < -0.4 is 21.3 Å². The van der Waals surface area contributed by atoms with Crippen molar-refractivity contribution in [2.75, 3.05) is 26.3 Å². The first-order valence-corrected chi connectivity index (χ1v) is 17.6. The number of ether oxygens (including phenoxy) is 2. The highest BCUT2D eigenvalue weighted by Gasteiger charge is 2.20. The Bertz CT molecular complexity index is 1190. The number of carbonyl (C=O) groups is 4. The van der Waals surface area contributed by atoms with Crippen molar-refractivity contribution in [2.45, 2.75) is 89.1 Å². The molecule has 0 aliphatic heterocycles. The normalized spacial score (nSPS) is 16.8. The van der Waals surface area contributed by atoms with E-state index in [9.17, 15) is 19.2 Å². The third-order valence-corrected chi connectivity index (χ3v) is 9.08. The summed E-state index contributed by atoms with van der Waals surface area (Å²) in [5.41, 5.74) is 1.98. The highest BCUT2D eigenvalue weighted by molar-refractivity contribution is 5.91. The number of hydrogen-bond donors (Lipinski definition) is 4. The average Bonchev–Trinajstić information content (AvgIpc) is 3.12. The molecule has 0 aromatic heterocycles. The minimum Gasteiger partial charge on any atom is -0.460 e. The first-order chi connectivity index (χ1) is 23.4. The summed E-state index contributed by atoms with van der Waals surface area (Å²) in [6, 6.07) is 17.8. The number of nitrogens with one attached hydrogen (secondary N) is 4. The molecule has 2 aliphatic carbocycles. The lowest BCUT2D eigenvalue weighted by Crippen LogP contribution is -2.47. The molecule has 2 fully saturated rings. The van der Waals surface area contributed by atoms with Gasteiger partial charge in [-0.25, -0.2) is 19.2 Å². The van der Waals surface area contributed by atoms with E-state index in [2.05, 4.69) is 21.3 Å². The summed E-state index contributed by atoms with van der Waals surface area (Å²) in [5, 5.41) is 11.8. The first kappa shape index (κ1) is 36.5. The first-order valence-electron chi connectivity index (χ1n) is 17.6. The van der Waals surface area contributed by atoms with E-state index in [1.165, 1.54) is 38.5 Å². The van der Waals surface area contributed by atoms with Crippen molar-refractivity contribution in [3.05, 3.63) is 83.9 Å². The Morgan fingerprint density at radius 1 is 0.583 bits per heavy atom. The third-order valence-electron chi connectivity index (χ3n) is 9.08. The molecule has 2 atom stereocenters. The number of rotatable bonds is 16. The van der Waals surface area contributed by atoms with Crippen LogP contribution in [0.5, 0.6) is 0 Å². The van der Waals surface area contributed by atoms with Gasteiger partial charge in [0, 0.05) is 25.2 Å². The van der Waals surface area contributed by atoms with Gasteiger partial charge in [-0.1, -0.05) is 99.2 Å². The third kappa shape index (κ3) is 14.6. The Labute approximate surface area is 284 Å². The molecule has 10 nitrogen and oxygen atoms in total. The van der Waals surface area contributed by atoms with Crippen LogP contribution in [0.2, 0.25) is 0 Å². The van der Waals surface area contributed by atoms with Crippen molar-refractivity contribution in [3.63, 3.8) is 0 Å². The molecule has 48 heavy (non-hydrogen) atoms.